The number of fused-ring (bicyclic) bond motifs is 1. The molecule has 1 aliphatic carbocycles. The van der Waals surface area contributed by atoms with Crippen molar-refractivity contribution < 1.29 is 0 Å². The Morgan fingerprint density at radius 2 is 1.90 bits per heavy atom. The molecule has 1 aliphatic rings. The van der Waals surface area contributed by atoms with Crippen LogP contribution in [0, 0.1) is 0 Å². The van der Waals surface area contributed by atoms with Crippen molar-refractivity contribution in [3.05, 3.63) is 63.6 Å². The van der Waals surface area contributed by atoms with E-state index in [9.17, 15) is 0 Å². The van der Waals surface area contributed by atoms with Crippen LogP contribution in [0.5, 0.6) is 0 Å². The predicted molar refractivity (Wildman–Crippen MR) is 87.1 cm³/mol. The van der Waals surface area contributed by atoms with Gasteiger partial charge in [0.25, 0.3) is 0 Å². The molecule has 0 amide bonds. The molecule has 20 heavy (non-hydrogen) atoms. The van der Waals surface area contributed by atoms with E-state index < -0.39 is 0 Å². The lowest BCUT2D eigenvalue weighted by atomic mass is 9.83. The second-order valence-corrected chi connectivity index (χ2v) is 6.06. The standard InChI is InChI=1S/C17H17Cl2N/c18-15-9-4-10-16(17(15)19)20-11-13-7-3-6-12-5-1-2-8-14(12)13/h1-2,4-5,8-10,13,20H,3,6-7,11H2. The molecule has 0 bridgehead atoms. The smallest absolute Gasteiger partial charge is 0.0823 e. The van der Waals surface area contributed by atoms with Crippen molar-refractivity contribution in [1.29, 1.82) is 0 Å². The number of halogens is 2. The molecule has 1 N–H and O–H groups in total. The van der Waals surface area contributed by atoms with Gasteiger partial charge in [-0.15, -0.1) is 0 Å². The summed E-state index contributed by atoms with van der Waals surface area (Å²) in [6.45, 7) is 0.900. The van der Waals surface area contributed by atoms with Gasteiger partial charge in [-0.05, 0) is 42.5 Å². The van der Waals surface area contributed by atoms with Crippen LogP contribution in [0.4, 0.5) is 5.69 Å². The quantitative estimate of drug-likeness (QED) is 0.786. The number of aryl methyl sites for hydroxylation is 1. The van der Waals surface area contributed by atoms with Crippen molar-refractivity contribution >= 4 is 28.9 Å². The van der Waals surface area contributed by atoms with E-state index in [1.54, 1.807) is 0 Å². The van der Waals surface area contributed by atoms with Crippen molar-refractivity contribution in [1.82, 2.24) is 0 Å². The van der Waals surface area contributed by atoms with Gasteiger partial charge in [0, 0.05) is 12.5 Å². The van der Waals surface area contributed by atoms with Crippen LogP contribution in [0.15, 0.2) is 42.5 Å². The Morgan fingerprint density at radius 3 is 2.80 bits per heavy atom. The molecule has 0 aliphatic heterocycles. The summed E-state index contributed by atoms with van der Waals surface area (Å²) in [5.74, 6) is 0.551. The summed E-state index contributed by atoms with van der Waals surface area (Å²) in [5.41, 5.74) is 3.88. The maximum Gasteiger partial charge on any atom is 0.0823 e. The third kappa shape index (κ3) is 2.79. The van der Waals surface area contributed by atoms with Crippen molar-refractivity contribution in [3.8, 4) is 0 Å². The van der Waals surface area contributed by atoms with Gasteiger partial charge in [0.1, 0.15) is 0 Å². The number of hydrogen-bond donors (Lipinski definition) is 1. The molecule has 2 aromatic carbocycles. The molecule has 1 atom stereocenters. The summed E-state index contributed by atoms with van der Waals surface area (Å²) in [7, 11) is 0. The van der Waals surface area contributed by atoms with E-state index in [0.717, 1.165) is 12.2 Å². The Morgan fingerprint density at radius 1 is 1.05 bits per heavy atom. The Balaban J connectivity index is 1.75. The van der Waals surface area contributed by atoms with Crippen LogP contribution in [0.1, 0.15) is 29.9 Å². The van der Waals surface area contributed by atoms with E-state index >= 15 is 0 Å². The first-order valence-electron chi connectivity index (χ1n) is 7.01. The average molecular weight is 306 g/mol. The van der Waals surface area contributed by atoms with Gasteiger partial charge in [-0.25, -0.2) is 0 Å². The van der Waals surface area contributed by atoms with E-state index in [1.165, 1.54) is 30.4 Å². The van der Waals surface area contributed by atoms with Crippen molar-refractivity contribution in [2.45, 2.75) is 25.2 Å². The second-order valence-electron chi connectivity index (χ2n) is 5.27. The summed E-state index contributed by atoms with van der Waals surface area (Å²) >= 11 is 12.3. The SMILES string of the molecule is Clc1cccc(NCC2CCCc3ccccc32)c1Cl. The van der Waals surface area contributed by atoms with Gasteiger partial charge < -0.3 is 5.32 Å². The van der Waals surface area contributed by atoms with Gasteiger partial charge in [0.05, 0.1) is 15.7 Å². The zero-order chi connectivity index (χ0) is 13.9. The van der Waals surface area contributed by atoms with Gasteiger partial charge in [-0.2, -0.15) is 0 Å². The topological polar surface area (TPSA) is 12.0 Å². The molecular formula is C17H17Cl2N. The maximum atomic E-state index is 6.22. The van der Waals surface area contributed by atoms with Gasteiger partial charge in [-0.1, -0.05) is 53.5 Å². The number of nitrogens with one attached hydrogen (secondary N) is 1. The lowest BCUT2D eigenvalue weighted by Gasteiger charge is -2.26. The molecule has 1 nitrogen and oxygen atoms in total. The molecule has 0 spiro atoms. The molecule has 1 unspecified atom stereocenters. The van der Waals surface area contributed by atoms with Crippen LogP contribution in [-0.2, 0) is 6.42 Å². The van der Waals surface area contributed by atoms with E-state index in [4.69, 9.17) is 23.2 Å². The maximum absolute atomic E-state index is 6.22. The molecule has 0 aromatic heterocycles. The molecule has 104 valence electrons. The zero-order valence-corrected chi connectivity index (χ0v) is 12.7. The minimum absolute atomic E-state index is 0.551. The Bertz CT molecular complexity index is 610. The minimum atomic E-state index is 0.551. The highest BCUT2D eigenvalue weighted by molar-refractivity contribution is 6.43. The minimum Gasteiger partial charge on any atom is -0.383 e. The fourth-order valence-electron chi connectivity index (χ4n) is 2.94. The second kappa shape index (κ2) is 6.07. The van der Waals surface area contributed by atoms with E-state index in [-0.39, 0.29) is 0 Å². The van der Waals surface area contributed by atoms with Crippen LogP contribution < -0.4 is 5.32 Å². The molecule has 0 fully saturated rings. The summed E-state index contributed by atoms with van der Waals surface area (Å²) in [6, 6.07) is 14.5. The van der Waals surface area contributed by atoms with Crippen LogP contribution >= 0.6 is 23.2 Å². The monoisotopic (exact) mass is 305 g/mol. The highest BCUT2D eigenvalue weighted by atomic mass is 35.5. The molecule has 3 rings (SSSR count). The molecule has 0 saturated carbocycles. The Labute approximate surface area is 129 Å². The Kier molecular flexibility index (Phi) is 4.18. The van der Waals surface area contributed by atoms with Crippen LogP contribution in [0.3, 0.4) is 0 Å². The normalized spacial score (nSPS) is 17.6. The first-order valence-corrected chi connectivity index (χ1v) is 7.77. The lowest BCUT2D eigenvalue weighted by molar-refractivity contribution is 0.572. The molecule has 0 heterocycles. The zero-order valence-electron chi connectivity index (χ0n) is 11.2. The third-order valence-corrected chi connectivity index (χ3v) is 4.80. The molecular weight excluding hydrogens is 289 g/mol. The van der Waals surface area contributed by atoms with Crippen LogP contribution in [0.2, 0.25) is 10.0 Å². The summed E-state index contributed by atoms with van der Waals surface area (Å²) in [5, 5.41) is 4.66. The summed E-state index contributed by atoms with van der Waals surface area (Å²) in [6.07, 6.45) is 3.68. The van der Waals surface area contributed by atoms with Gasteiger partial charge in [0.2, 0.25) is 0 Å². The first kappa shape index (κ1) is 13.8. The third-order valence-electron chi connectivity index (χ3n) is 3.98. The number of benzene rings is 2. The first-order chi connectivity index (χ1) is 9.75. The molecule has 0 saturated heterocycles. The fourth-order valence-corrected chi connectivity index (χ4v) is 3.31. The van der Waals surface area contributed by atoms with Crippen molar-refractivity contribution in [3.63, 3.8) is 0 Å². The van der Waals surface area contributed by atoms with Crippen molar-refractivity contribution in [2.24, 2.45) is 0 Å². The number of rotatable bonds is 3. The average Bonchev–Trinajstić information content (AvgIpc) is 2.49. The highest BCUT2D eigenvalue weighted by Crippen LogP contribution is 2.34. The van der Waals surface area contributed by atoms with Gasteiger partial charge in [-0.3, -0.25) is 0 Å². The highest BCUT2D eigenvalue weighted by Gasteiger charge is 2.19. The summed E-state index contributed by atoms with van der Waals surface area (Å²) < 4.78 is 0. The number of anilines is 1. The largest absolute Gasteiger partial charge is 0.383 e. The van der Waals surface area contributed by atoms with Crippen LogP contribution in [0.25, 0.3) is 0 Å². The van der Waals surface area contributed by atoms with Crippen LogP contribution in [-0.4, -0.2) is 6.54 Å². The lowest BCUT2D eigenvalue weighted by Crippen LogP contribution is -2.18. The van der Waals surface area contributed by atoms with E-state index in [1.807, 2.05) is 18.2 Å². The number of hydrogen-bond acceptors (Lipinski definition) is 1. The summed E-state index contributed by atoms with van der Waals surface area (Å²) in [4.78, 5) is 0. The van der Waals surface area contributed by atoms with E-state index in [0.29, 0.717) is 16.0 Å². The molecule has 3 heteroatoms. The molecule has 2 aromatic rings. The fraction of sp³-hybridized carbons (Fsp3) is 0.294. The van der Waals surface area contributed by atoms with Crippen molar-refractivity contribution in [2.75, 3.05) is 11.9 Å². The Hall–Kier alpha value is -1.18. The molecule has 0 radical (unpaired) electrons. The van der Waals surface area contributed by atoms with Gasteiger partial charge >= 0.3 is 0 Å². The van der Waals surface area contributed by atoms with Gasteiger partial charge in [0.15, 0.2) is 0 Å². The predicted octanol–water partition coefficient (Wildman–Crippen LogP) is 5.53. The van der Waals surface area contributed by atoms with E-state index in [2.05, 4.69) is 29.6 Å².